The second-order valence-corrected chi connectivity index (χ2v) is 7.73. The molecule has 0 saturated heterocycles. The van der Waals surface area contributed by atoms with Gasteiger partial charge in [0.2, 0.25) is 0 Å². The number of hydrogen-bond donors (Lipinski definition) is 2. The van der Waals surface area contributed by atoms with Crippen LogP contribution in [0, 0.1) is 0 Å². The summed E-state index contributed by atoms with van der Waals surface area (Å²) < 4.78 is 40.6. The number of thiophene rings is 1. The highest BCUT2D eigenvalue weighted by Gasteiger charge is 2.30. The summed E-state index contributed by atoms with van der Waals surface area (Å²) in [6, 6.07) is 9.61. The van der Waals surface area contributed by atoms with Gasteiger partial charge in [0, 0.05) is 23.5 Å². The van der Waals surface area contributed by atoms with Crippen molar-refractivity contribution in [3.63, 3.8) is 0 Å². The van der Waals surface area contributed by atoms with Crippen LogP contribution < -0.4 is 15.0 Å². The quantitative estimate of drug-likeness (QED) is 0.643. The van der Waals surface area contributed by atoms with Crippen LogP contribution in [0.25, 0.3) is 0 Å². The van der Waals surface area contributed by atoms with Gasteiger partial charge in [-0.25, -0.2) is 0 Å². The number of rotatable bonds is 8. The van der Waals surface area contributed by atoms with Crippen molar-refractivity contribution in [2.45, 2.75) is 19.3 Å². The Labute approximate surface area is 166 Å². The molecule has 27 heavy (non-hydrogen) atoms. The number of quaternary nitrogens is 1. The summed E-state index contributed by atoms with van der Waals surface area (Å²) >= 11 is 7.20. The molecule has 0 aliphatic heterocycles. The summed E-state index contributed by atoms with van der Waals surface area (Å²) in [7, 11) is 4.20. The summed E-state index contributed by atoms with van der Waals surface area (Å²) in [6.45, 7) is 2.51. The summed E-state index contributed by atoms with van der Waals surface area (Å²) in [6.07, 6.45) is -3.72. The minimum absolute atomic E-state index is 0.261. The van der Waals surface area contributed by atoms with Crippen molar-refractivity contribution in [3.05, 3.63) is 46.7 Å². The maximum Gasteiger partial charge on any atom is 0.573 e. The fraction of sp³-hybridized carbons (Fsp3) is 0.389. The number of nitrogens with one attached hydrogen (secondary N) is 2. The predicted octanol–water partition coefficient (Wildman–Crippen LogP) is 3.38. The zero-order valence-electron chi connectivity index (χ0n) is 15.2. The maximum atomic E-state index is 12.2. The van der Waals surface area contributed by atoms with Gasteiger partial charge in [0.15, 0.2) is 5.11 Å². The zero-order chi connectivity index (χ0) is 19.9. The van der Waals surface area contributed by atoms with Gasteiger partial charge in [0.25, 0.3) is 0 Å². The van der Waals surface area contributed by atoms with E-state index in [4.69, 9.17) is 12.2 Å². The van der Waals surface area contributed by atoms with E-state index in [1.807, 2.05) is 11.4 Å². The van der Waals surface area contributed by atoms with Crippen molar-refractivity contribution >= 4 is 34.4 Å². The monoisotopic (exact) mass is 418 g/mol. The molecule has 0 bridgehead atoms. The number of thiocarbonyl (C=S) groups is 1. The van der Waals surface area contributed by atoms with E-state index in [9.17, 15) is 13.2 Å². The number of nitrogens with zero attached hydrogens (tertiary/aromatic N) is 1. The lowest BCUT2D eigenvalue weighted by atomic mass is 10.3. The van der Waals surface area contributed by atoms with Crippen molar-refractivity contribution in [3.8, 4) is 5.75 Å². The SMILES string of the molecule is C[NH+](C)CCCN(Cc1cccs1)C(=S)Nc1ccc(OC(F)(F)F)cc1. The van der Waals surface area contributed by atoms with Crippen LogP contribution in [0.15, 0.2) is 41.8 Å². The Bertz CT molecular complexity index is 704. The molecular formula is C18H23F3N3OS2+. The van der Waals surface area contributed by atoms with Crippen LogP contribution in [0.4, 0.5) is 18.9 Å². The lowest BCUT2D eigenvalue weighted by molar-refractivity contribution is -0.858. The molecule has 0 aliphatic rings. The van der Waals surface area contributed by atoms with Crippen LogP contribution in [-0.2, 0) is 6.54 Å². The molecule has 1 heterocycles. The third-order valence-corrected chi connectivity index (χ3v) is 4.88. The minimum atomic E-state index is -4.70. The number of halogens is 3. The number of anilines is 1. The molecule has 0 unspecified atom stereocenters. The molecular weight excluding hydrogens is 395 g/mol. The number of benzene rings is 1. The van der Waals surface area contributed by atoms with Crippen molar-refractivity contribution in [1.29, 1.82) is 0 Å². The molecule has 2 aromatic rings. The van der Waals surface area contributed by atoms with E-state index in [2.05, 4.69) is 35.1 Å². The van der Waals surface area contributed by atoms with Crippen LogP contribution in [0.1, 0.15) is 11.3 Å². The van der Waals surface area contributed by atoms with Gasteiger partial charge in [-0.05, 0) is 47.9 Å². The molecule has 148 valence electrons. The summed E-state index contributed by atoms with van der Waals surface area (Å²) in [5.41, 5.74) is 0.615. The molecule has 0 aliphatic carbocycles. The average molecular weight is 419 g/mol. The Morgan fingerprint density at radius 1 is 1.22 bits per heavy atom. The Balaban J connectivity index is 1.98. The molecule has 4 nitrogen and oxygen atoms in total. The van der Waals surface area contributed by atoms with E-state index in [-0.39, 0.29) is 5.75 Å². The third-order valence-electron chi connectivity index (χ3n) is 3.66. The number of ether oxygens (including phenoxy) is 1. The molecule has 0 atom stereocenters. The van der Waals surface area contributed by atoms with Crippen LogP contribution >= 0.6 is 23.6 Å². The summed E-state index contributed by atoms with van der Waals surface area (Å²) in [5, 5.41) is 5.67. The smallest absolute Gasteiger partial charge is 0.406 e. The zero-order valence-corrected chi connectivity index (χ0v) is 16.8. The Morgan fingerprint density at radius 3 is 2.48 bits per heavy atom. The van der Waals surface area contributed by atoms with E-state index in [1.165, 1.54) is 34.0 Å². The minimum Gasteiger partial charge on any atom is -0.406 e. The highest BCUT2D eigenvalue weighted by molar-refractivity contribution is 7.80. The second kappa shape index (κ2) is 9.91. The first-order valence-electron chi connectivity index (χ1n) is 8.46. The van der Waals surface area contributed by atoms with Crippen LogP contribution in [0.3, 0.4) is 0 Å². The molecule has 2 rings (SSSR count). The lowest BCUT2D eigenvalue weighted by Crippen LogP contribution is -3.05. The third kappa shape index (κ3) is 8.15. The molecule has 0 radical (unpaired) electrons. The normalized spacial score (nSPS) is 11.5. The van der Waals surface area contributed by atoms with E-state index < -0.39 is 6.36 Å². The summed E-state index contributed by atoms with van der Waals surface area (Å²) in [5.74, 6) is -0.261. The molecule has 0 spiro atoms. The fourth-order valence-corrected chi connectivity index (χ4v) is 3.40. The Hall–Kier alpha value is -1.84. The van der Waals surface area contributed by atoms with Crippen molar-refractivity contribution in [1.82, 2.24) is 4.90 Å². The molecule has 0 amide bonds. The predicted molar refractivity (Wildman–Crippen MR) is 106 cm³/mol. The molecule has 1 aromatic heterocycles. The van der Waals surface area contributed by atoms with Gasteiger partial charge in [-0.15, -0.1) is 24.5 Å². The first-order chi connectivity index (χ1) is 12.7. The van der Waals surface area contributed by atoms with Crippen molar-refractivity contribution < 1.29 is 22.8 Å². The molecule has 1 aromatic carbocycles. The highest BCUT2D eigenvalue weighted by atomic mass is 32.1. The fourth-order valence-electron chi connectivity index (χ4n) is 2.41. The van der Waals surface area contributed by atoms with E-state index >= 15 is 0 Å². The van der Waals surface area contributed by atoms with Crippen LogP contribution in [0.2, 0.25) is 0 Å². The summed E-state index contributed by atoms with van der Waals surface area (Å²) in [4.78, 5) is 4.64. The first kappa shape index (κ1) is 21.5. The van der Waals surface area contributed by atoms with E-state index in [0.29, 0.717) is 17.3 Å². The van der Waals surface area contributed by atoms with Crippen molar-refractivity contribution in [2.75, 3.05) is 32.5 Å². The number of hydrogen-bond acceptors (Lipinski definition) is 3. The second-order valence-electron chi connectivity index (χ2n) is 6.31. The highest BCUT2D eigenvalue weighted by Crippen LogP contribution is 2.24. The van der Waals surface area contributed by atoms with Gasteiger partial charge in [0.1, 0.15) is 5.75 Å². The van der Waals surface area contributed by atoms with Gasteiger partial charge in [0.05, 0.1) is 27.2 Å². The molecule has 0 saturated carbocycles. The lowest BCUT2D eigenvalue weighted by Gasteiger charge is -2.25. The van der Waals surface area contributed by atoms with Gasteiger partial charge >= 0.3 is 6.36 Å². The standard InChI is InChI=1S/C18H22F3N3OS2/c1-23(2)10-4-11-24(13-16-5-3-12-27-16)17(26)22-14-6-8-15(9-7-14)25-18(19,20)21/h3,5-9,12H,4,10-11,13H2,1-2H3,(H,22,26)/p+1. The molecule has 0 fully saturated rings. The Kier molecular flexibility index (Phi) is 7.88. The Morgan fingerprint density at radius 2 is 1.93 bits per heavy atom. The average Bonchev–Trinajstić information content (AvgIpc) is 3.07. The van der Waals surface area contributed by atoms with Gasteiger partial charge in [-0.1, -0.05) is 6.07 Å². The molecule has 2 N–H and O–H groups in total. The van der Waals surface area contributed by atoms with Crippen molar-refractivity contribution in [2.24, 2.45) is 0 Å². The van der Waals surface area contributed by atoms with E-state index in [0.717, 1.165) is 19.5 Å². The van der Waals surface area contributed by atoms with Crippen LogP contribution in [0.5, 0.6) is 5.75 Å². The number of alkyl halides is 3. The molecule has 9 heteroatoms. The largest absolute Gasteiger partial charge is 0.573 e. The van der Waals surface area contributed by atoms with E-state index in [1.54, 1.807) is 11.3 Å². The van der Waals surface area contributed by atoms with Crippen LogP contribution in [-0.4, -0.2) is 43.6 Å². The first-order valence-corrected chi connectivity index (χ1v) is 9.75. The van der Waals surface area contributed by atoms with Gasteiger partial charge in [-0.2, -0.15) is 0 Å². The topological polar surface area (TPSA) is 28.9 Å². The maximum absolute atomic E-state index is 12.2. The van der Waals surface area contributed by atoms with Gasteiger partial charge < -0.3 is 19.9 Å². The van der Waals surface area contributed by atoms with Gasteiger partial charge in [-0.3, -0.25) is 0 Å².